The summed E-state index contributed by atoms with van der Waals surface area (Å²) >= 11 is 0. The highest BCUT2D eigenvalue weighted by Crippen LogP contribution is 2.23. The van der Waals surface area contributed by atoms with Crippen LogP contribution in [0.3, 0.4) is 0 Å². The molecule has 0 aliphatic carbocycles. The minimum Gasteiger partial charge on any atom is -0.353 e. The monoisotopic (exact) mass is 228 g/mol. The van der Waals surface area contributed by atoms with E-state index in [1.54, 1.807) is 0 Å². The smallest absolute Gasteiger partial charge is 0.151 e. The Morgan fingerprint density at radius 1 is 1.24 bits per heavy atom. The van der Waals surface area contributed by atoms with Gasteiger partial charge in [-0.15, -0.1) is 10.2 Å². The van der Waals surface area contributed by atoms with Crippen molar-refractivity contribution in [2.75, 3.05) is 18.0 Å². The van der Waals surface area contributed by atoms with Gasteiger partial charge in [-0.3, -0.25) is 0 Å². The molecule has 0 spiro atoms. The number of nitrogens with two attached hydrogens (primary N) is 1. The van der Waals surface area contributed by atoms with E-state index in [2.05, 4.69) is 34.2 Å². The third-order valence-electron chi connectivity index (χ3n) is 3.48. The van der Waals surface area contributed by atoms with Crippen molar-refractivity contribution in [1.82, 2.24) is 10.2 Å². The van der Waals surface area contributed by atoms with Crippen molar-refractivity contribution in [2.24, 2.45) is 11.7 Å². The van der Waals surface area contributed by atoms with Crippen LogP contribution in [0.15, 0.2) is 30.3 Å². The van der Waals surface area contributed by atoms with E-state index in [1.165, 1.54) is 0 Å². The molecule has 0 saturated carbocycles. The lowest BCUT2D eigenvalue weighted by Gasteiger charge is -2.16. The van der Waals surface area contributed by atoms with E-state index >= 15 is 0 Å². The first-order valence-electron chi connectivity index (χ1n) is 5.97. The maximum atomic E-state index is 6.03. The van der Waals surface area contributed by atoms with Crippen LogP contribution in [0.4, 0.5) is 5.82 Å². The molecule has 17 heavy (non-hydrogen) atoms. The molecule has 88 valence electrons. The van der Waals surface area contributed by atoms with Crippen LogP contribution in [0.1, 0.15) is 6.92 Å². The van der Waals surface area contributed by atoms with Gasteiger partial charge < -0.3 is 10.6 Å². The minimum atomic E-state index is 0.239. The topological polar surface area (TPSA) is 55.0 Å². The Hall–Kier alpha value is -1.68. The molecule has 1 saturated heterocycles. The van der Waals surface area contributed by atoms with Gasteiger partial charge in [0.05, 0.1) is 5.52 Å². The van der Waals surface area contributed by atoms with Crippen LogP contribution in [0.25, 0.3) is 10.9 Å². The lowest BCUT2D eigenvalue weighted by molar-refractivity contribution is 0.566. The van der Waals surface area contributed by atoms with Crippen molar-refractivity contribution in [3.63, 3.8) is 0 Å². The Kier molecular flexibility index (Phi) is 2.44. The molecular weight excluding hydrogens is 212 g/mol. The molecule has 1 aliphatic heterocycles. The average Bonchev–Trinajstić information content (AvgIpc) is 2.69. The Morgan fingerprint density at radius 3 is 2.82 bits per heavy atom. The fraction of sp³-hybridized carbons (Fsp3) is 0.385. The summed E-state index contributed by atoms with van der Waals surface area (Å²) in [5, 5.41) is 9.65. The van der Waals surface area contributed by atoms with Gasteiger partial charge in [0.1, 0.15) is 0 Å². The summed E-state index contributed by atoms with van der Waals surface area (Å²) in [5.74, 6) is 1.45. The van der Waals surface area contributed by atoms with E-state index in [1.807, 2.05) is 18.2 Å². The van der Waals surface area contributed by atoms with Gasteiger partial charge in [0.2, 0.25) is 0 Å². The van der Waals surface area contributed by atoms with Crippen LogP contribution in [-0.4, -0.2) is 29.3 Å². The molecule has 3 rings (SSSR count). The van der Waals surface area contributed by atoms with Crippen LogP contribution >= 0.6 is 0 Å². The van der Waals surface area contributed by atoms with Gasteiger partial charge in [-0.05, 0) is 18.1 Å². The van der Waals surface area contributed by atoms with E-state index in [0.29, 0.717) is 5.92 Å². The molecule has 2 aromatic rings. The van der Waals surface area contributed by atoms with Gasteiger partial charge in [-0.25, -0.2) is 0 Å². The van der Waals surface area contributed by atoms with E-state index < -0.39 is 0 Å². The quantitative estimate of drug-likeness (QED) is 0.802. The SMILES string of the molecule is C[C@H]1CN(c2cc3ccccc3nn2)C[C@@H]1N. The standard InChI is InChI=1S/C13H16N4/c1-9-7-17(8-11(9)14)13-6-10-4-2-3-5-12(10)15-16-13/h2-6,9,11H,7-8,14H2,1H3/t9-,11-/m0/s1. The van der Waals surface area contributed by atoms with Crippen LogP contribution < -0.4 is 10.6 Å². The molecule has 4 nitrogen and oxygen atoms in total. The molecule has 0 bridgehead atoms. The van der Waals surface area contributed by atoms with E-state index in [4.69, 9.17) is 5.73 Å². The zero-order valence-corrected chi connectivity index (χ0v) is 9.87. The molecule has 0 amide bonds. The number of anilines is 1. The molecule has 1 fully saturated rings. The van der Waals surface area contributed by atoms with Crippen LogP contribution in [0.2, 0.25) is 0 Å². The Morgan fingerprint density at radius 2 is 2.06 bits per heavy atom. The van der Waals surface area contributed by atoms with Crippen molar-refractivity contribution < 1.29 is 0 Å². The number of nitrogens with zero attached hydrogens (tertiary/aromatic N) is 3. The second-order valence-electron chi connectivity index (χ2n) is 4.81. The van der Waals surface area contributed by atoms with Crippen molar-refractivity contribution >= 4 is 16.7 Å². The molecule has 1 aliphatic rings. The van der Waals surface area contributed by atoms with Crippen molar-refractivity contribution in [1.29, 1.82) is 0 Å². The highest BCUT2D eigenvalue weighted by atomic mass is 15.3. The third kappa shape index (κ3) is 1.85. The lowest BCUT2D eigenvalue weighted by Crippen LogP contribution is -2.28. The first-order chi connectivity index (χ1) is 8.24. The maximum Gasteiger partial charge on any atom is 0.151 e. The van der Waals surface area contributed by atoms with Crippen molar-refractivity contribution in [2.45, 2.75) is 13.0 Å². The normalized spacial score (nSPS) is 24.5. The van der Waals surface area contributed by atoms with Gasteiger partial charge >= 0.3 is 0 Å². The summed E-state index contributed by atoms with van der Waals surface area (Å²) in [7, 11) is 0. The van der Waals surface area contributed by atoms with Crippen LogP contribution in [0.5, 0.6) is 0 Å². The second kappa shape index (κ2) is 3.96. The van der Waals surface area contributed by atoms with Gasteiger partial charge in [0.25, 0.3) is 0 Å². The second-order valence-corrected chi connectivity index (χ2v) is 4.81. The van der Waals surface area contributed by atoms with Gasteiger partial charge in [-0.2, -0.15) is 0 Å². The zero-order chi connectivity index (χ0) is 11.8. The third-order valence-corrected chi connectivity index (χ3v) is 3.48. The molecule has 1 aromatic heterocycles. The van der Waals surface area contributed by atoms with Crippen molar-refractivity contribution in [3.05, 3.63) is 30.3 Å². The first kappa shape index (κ1) is 10.5. The summed E-state index contributed by atoms with van der Waals surface area (Å²) in [5.41, 5.74) is 6.97. The minimum absolute atomic E-state index is 0.239. The largest absolute Gasteiger partial charge is 0.353 e. The van der Waals surface area contributed by atoms with Crippen LogP contribution in [0, 0.1) is 5.92 Å². The van der Waals surface area contributed by atoms with E-state index in [0.717, 1.165) is 29.8 Å². The molecule has 0 radical (unpaired) electrons. The highest BCUT2D eigenvalue weighted by molar-refractivity contribution is 5.80. The average molecular weight is 228 g/mol. The lowest BCUT2D eigenvalue weighted by atomic mass is 10.1. The van der Waals surface area contributed by atoms with E-state index in [9.17, 15) is 0 Å². The Labute approximate surface area is 100 Å². The predicted molar refractivity (Wildman–Crippen MR) is 68.9 cm³/mol. The van der Waals surface area contributed by atoms with Gasteiger partial charge in [0.15, 0.2) is 5.82 Å². The predicted octanol–water partition coefficient (Wildman–Crippen LogP) is 1.41. The maximum absolute atomic E-state index is 6.03. The number of fused-ring (bicyclic) bond motifs is 1. The zero-order valence-electron chi connectivity index (χ0n) is 9.87. The fourth-order valence-corrected chi connectivity index (χ4v) is 2.31. The van der Waals surface area contributed by atoms with Crippen LogP contribution in [-0.2, 0) is 0 Å². The number of rotatable bonds is 1. The molecule has 2 heterocycles. The number of aromatic nitrogens is 2. The van der Waals surface area contributed by atoms with Gasteiger partial charge in [-0.1, -0.05) is 25.1 Å². The number of hydrogen-bond donors (Lipinski definition) is 1. The first-order valence-corrected chi connectivity index (χ1v) is 5.97. The Balaban J connectivity index is 1.96. The molecule has 2 N–H and O–H groups in total. The number of benzene rings is 1. The van der Waals surface area contributed by atoms with E-state index in [-0.39, 0.29) is 6.04 Å². The molecular formula is C13H16N4. The number of hydrogen-bond acceptors (Lipinski definition) is 4. The molecule has 1 aromatic carbocycles. The summed E-state index contributed by atoms with van der Waals surface area (Å²) in [4.78, 5) is 2.22. The van der Waals surface area contributed by atoms with Gasteiger partial charge in [0, 0.05) is 24.5 Å². The van der Waals surface area contributed by atoms with Crippen molar-refractivity contribution in [3.8, 4) is 0 Å². The summed E-state index contributed by atoms with van der Waals surface area (Å²) in [6.45, 7) is 4.02. The molecule has 2 atom stereocenters. The highest BCUT2D eigenvalue weighted by Gasteiger charge is 2.27. The summed E-state index contributed by atoms with van der Waals surface area (Å²) in [6.07, 6.45) is 0. The Bertz CT molecular complexity index is 530. The molecule has 4 heteroatoms. The molecule has 0 unspecified atom stereocenters. The fourth-order valence-electron chi connectivity index (χ4n) is 2.31. The summed E-state index contributed by atoms with van der Waals surface area (Å²) < 4.78 is 0. The summed E-state index contributed by atoms with van der Waals surface area (Å²) in [6, 6.07) is 10.4.